The van der Waals surface area contributed by atoms with Crippen LogP contribution < -0.4 is 25.6 Å². The number of hydrogen-bond acceptors (Lipinski definition) is 18. The van der Waals surface area contributed by atoms with E-state index in [-0.39, 0.29) is 48.9 Å². The standard InChI is InChI=1S/C78H96ClF3N10O11S4/c1-52(55-22-24-57(25-23-55)72-53(2)83-51-105-72)84-75(97)68-46-63(103-54(3)93)49-92(68)76(98)73(77(4,5)6)86-70(94)20-14-9-15-21-71(95)91-44-38-88(39-45-91)37-36-61(50-104-64-17-11-8-12-18-64)85-67-35-34-65(47-69(67)106(99,100)78(80,81)82)107(101,102)87-74(96)58-28-32-62(33-29-58)90-42-40-89(41-43-90)48-59-16-10-7-13-19-66(59)56-26-30-60(79)31-27-56/h8,11-12,17-18,22-35,47,51-52,61,63,68,73,85H,7,9-10,13-16,19-21,36-46,48-50H2,1-6H3,(H,84,97)(H,86,94)(H,87,96)/t52-,61+,63+,68-,73+/m0/s1. The van der Waals surface area contributed by atoms with E-state index in [9.17, 15) is 58.8 Å². The van der Waals surface area contributed by atoms with Crippen molar-refractivity contribution in [1.82, 2.24) is 39.9 Å². The first kappa shape index (κ1) is 81.7. The van der Waals surface area contributed by atoms with Crippen LogP contribution in [0.2, 0.25) is 5.02 Å². The lowest BCUT2D eigenvalue weighted by atomic mass is 9.85. The zero-order valence-electron chi connectivity index (χ0n) is 61.3. The smallest absolute Gasteiger partial charge is 0.461 e. The predicted molar refractivity (Wildman–Crippen MR) is 412 cm³/mol. The highest BCUT2D eigenvalue weighted by atomic mass is 35.5. The quantitative estimate of drug-likeness (QED) is 0.0193. The monoisotopic (exact) mass is 1570 g/mol. The van der Waals surface area contributed by atoms with E-state index in [4.69, 9.17) is 16.3 Å². The van der Waals surface area contributed by atoms with E-state index in [1.54, 1.807) is 33.9 Å². The fourth-order valence-corrected chi connectivity index (χ4v) is 18.0. The van der Waals surface area contributed by atoms with Gasteiger partial charge in [0.1, 0.15) is 23.1 Å². The van der Waals surface area contributed by atoms with Crippen LogP contribution in [-0.2, 0) is 48.6 Å². The third kappa shape index (κ3) is 22.0. The number of allylic oxidation sites excluding steroid dienone is 1. The van der Waals surface area contributed by atoms with Crippen molar-refractivity contribution in [2.75, 3.05) is 88.0 Å². The minimum absolute atomic E-state index is 0.0361. The van der Waals surface area contributed by atoms with Gasteiger partial charge in [-0.2, -0.15) is 13.2 Å². The summed E-state index contributed by atoms with van der Waals surface area (Å²) in [5.74, 6) is -2.71. The molecule has 3 aliphatic heterocycles. The lowest BCUT2D eigenvalue weighted by molar-refractivity contribution is -0.147. The van der Waals surface area contributed by atoms with E-state index in [1.165, 1.54) is 58.8 Å². The number of anilines is 2. The molecular formula is C78H96ClF3N10O11S4. The lowest BCUT2D eigenvalue weighted by Gasteiger charge is -2.37. The molecule has 5 aromatic carbocycles. The number of aryl methyl sites for hydroxylation is 1. The molecule has 29 heteroatoms. The maximum atomic E-state index is 14.6. The number of carbonyl (C=O) groups excluding carboxylic acids is 6. The Morgan fingerprint density at radius 2 is 1.42 bits per heavy atom. The van der Waals surface area contributed by atoms with Gasteiger partial charge >= 0.3 is 11.5 Å². The van der Waals surface area contributed by atoms with E-state index in [1.807, 2.05) is 106 Å². The normalized spacial score (nSPS) is 18.1. The molecule has 10 rings (SSSR count). The summed E-state index contributed by atoms with van der Waals surface area (Å²) in [6, 6.07) is 30.6. The molecule has 0 unspecified atom stereocenters. The summed E-state index contributed by atoms with van der Waals surface area (Å²) in [5, 5.41) is 9.69. The summed E-state index contributed by atoms with van der Waals surface area (Å²) in [5.41, 5.74) is 2.29. The summed E-state index contributed by atoms with van der Waals surface area (Å²) in [6.07, 6.45) is 6.92. The van der Waals surface area contributed by atoms with Crippen LogP contribution in [0.3, 0.4) is 0 Å². The van der Waals surface area contributed by atoms with Crippen LogP contribution in [0.4, 0.5) is 24.5 Å². The van der Waals surface area contributed by atoms with Crippen molar-refractivity contribution in [3.05, 3.63) is 160 Å². The first-order valence-corrected chi connectivity index (χ1v) is 41.7. The number of sulfone groups is 1. The molecule has 0 saturated carbocycles. The molecule has 21 nitrogen and oxygen atoms in total. The molecule has 0 spiro atoms. The number of halogens is 4. The number of unbranched alkanes of at least 4 members (excludes halogenated alkanes) is 2. The van der Waals surface area contributed by atoms with Crippen LogP contribution in [-0.4, -0.2) is 184 Å². The topological polar surface area (TPSA) is 257 Å². The SMILES string of the molecule is CC(=O)O[C@@H]1C[C@@H](C(=O)N[C@@H](C)c2ccc(-c3scnc3C)cc2)N(C(=O)[C@@H](NC(=O)CCCCCC(=O)N2CCN(CC[C@H](CSc3ccccc3)Nc3ccc(S(=O)(=O)NC(=O)c4ccc(N5CCN(CC6=C(c7ccc(Cl)cc7)CCCCC6)CC5)cc4)cc3S(=O)(=O)C(F)(F)F)CC2)C(C)(C)C)C1. The van der Waals surface area contributed by atoms with E-state index >= 15 is 0 Å². The van der Waals surface area contributed by atoms with Crippen molar-refractivity contribution in [2.45, 2.75) is 169 Å². The number of esters is 1. The number of thioether (sulfide) groups is 1. The number of hydrogen-bond donors (Lipinski definition) is 4. The van der Waals surface area contributed by atoms with Crippen LogP contribution in [0.15, 0.2) is 147 Å². The Kier molecular flexibility index (Phi) is 27.9. The maximum Gasteiger partial charge on any atom is 0.501 e. The van der Waals surface area contributed by atoms with Gasteiger partial charge in [0, 0.05) is 125 Å². The molecule has 0 bridgehead atoms. The Morgan fingerprint density at radius 3 is 2.07 bits per heavy atom. The average molecular weight is 1570 g/mol. The number of ether oxygens (including phenoxy) is 1. The van der Waals surface area contributed by atoms with Crippen molar-refractivity contribution in [3.63, 3.8) is 0 Å². The van der Waals surface area contributed by atoms with Crippen molar-refractivity contribution in [3.8, 4) is 10.4 Å². The molecule has 6 aromatic rings. The number of likely N-dealkylation sites (tertiary alicyclic amines) is 1. The second-order valence-corrected chi connectivity index (χ2v) is 35.0. The Morgan fingerprint density at radius 1 is 0.757 bits per heavy atom. The van der Waals surface area contributed by atoms with E-state index < -0.39 is 100 Å². The summed E-state index contributed by atoms with van der Waals surface area (Å²) in [6.45, 7) is 16.5. The molecule has 3 fully saturated rings. The number of alkyl halides is 3. The summed E-state index contributed by atoms with van der Waals surface area (Å²) < 4.78 is 106. The molecular weight excluding hydrogens is 1470 g/mol. The van der Waals surface area contributed by atoms with Gasteiger partial charge in [0.2, 0.25) is 23.6 Å². The van der Waals surface area contributed by atoms with Crippen molar-refractivity contribution in [1.29, 1.82) is 0 Å². The van der Waals surface area contributed by atoms with Crippen molar-refractivity contribution in [2.24, 2.45) is 5.41 Å². The average Bonchev–Trinajstić information content (AvgIpc) is 1.58. The number of aromatic nitrogens is 1. The van der Waals surface area contributed by atoms with Gasteiger partial charge in [0.25, 0.3) is 25.8 Å². The van der Waals surface area contributed by atoms with Gasteiger partial charge in [0.15, 0.2) is 0 Å². The Labute approximate surface area is 639 Å². The molecule has 576 valence electrons. The zero-order valence-corrected chi connectivity index (χ0v) is 65.3. The second kappa shape index (κ2) is 36.6. The van der Waals surface area contributed by atoms with Gasteiger partial charge in [-0.25, -0.2) is 26.5 Å². The number of carbonyl (C=O) groups is 6. The van der Waals surface area contributed by atoms with Gasteiger partial charge in [-0.05, 0) is 153 Å². The van der Waals surface area contributed by atoms with Crippen LogP contribution in [0.25, 0.3) is 16.0 Å². The minimum Gasteiger partial charge on any atom is -0.461 e. The third-order valence-corrected chi connectivity index (χ3v) is 25.4. The predicted octanol–water partition coefficient (Wildman–Crippen LogP) is 12.7. The number of sulfonamides is 1. The van der Waals surface area contributed by atoms with Crippen molar-refractivity contribution >= 4 is 107 Å². The van der Waals surface area contributed by atoms with E-state index in [0.29, 0.717) is 82.6 Å². The molecule has 4 heterocycles. The number of rotatable bonds is 29. The molecule has 4 N–H and O–H groups in total. The lowest BCUT2D eigenvalue weighted by Crippen LogP contribution is -2.57. The number of nitrogens with zero attached hydrogens (tertiary/aromatic N) is 6. The Balaban J connectivity index is 0.695. The van der Waals surface area contributed by atoms with E-state index in [2.05, 4.69) is 47.8 Å². The Hall–Kier alpha value is -7.86. The third-order valence-electron chi connectivity index (χ3n) is 20.1. The highest BCUT2D eigenvalue weighted by Gasteiger charge is 2.49. The maximum absolute atomic E-state index is 14.6. The number of thiazole rings is 1. The van der Waals surface area contributed by atoms with Gasteiger partial charge in [-0.3, -0.25) is 38.6 Å². The molecule has 4 aliphatic rings. The number of amides is 5. The van der Waals surface area contributed by atoms with Crippen LogP contribution in [0.5, 0.6) is 0 Å². The molecule has 1 aliphatic carbocycles. The van der Waals surface area contributed by atoms with Crippen LogP contribution in [0.1, 0.15) is 145 Å². The summed E-state index contributed by atoms with van der Waals surface area (Å²) in [4.78, 5) is 95.4. The van der Waals surface area contributed by atoms with Gasteiger partial charge < -0.3 is 35.4 Å². The number of benzene rings is 5. The largest absolute Gasteiger partial charge is 0.501 e. The summed E-state index contributed by atoms with van der Waals surface area (Å²) >= 11 is 9.14. The van der Waals surface area contributed by atoms with Crippen molar-refractivity contribution < 1.29 is 63.5 Å². The molecule has 3 saturated heterocycles. The second-order valence-electron chi connectivity index (χ2n) is 29.0. The van der Waals surface area contributed by atoms with Gasteiger partial charge in [0.05, 0.1) is 39.3 Å². The fraction of sp³-hybridized carbons (Fsp3) is 0.474. The number of nitrogens with one attached hydrogen (secondary N) is 4. The highest BCUT2D eigenvalue weighted by Crippen LogP contribution is 2.39. The number of piperazine rings is 2. The van der Waals surface area contributed by atoms with Gasteiger partial charge in [-0.1, -0.05) is 105 Å². The molecule has 1 aromatic heterocycles. The molecule has 5 atom stereocenters. The first-order chi connectivity index (χ1) is 50.9. The van der Waals surface area contributed by atoms with Crippen LogP contribution in [0, 0.1) is 12.3 Å². The fourth-order valence-electron chi connectivity index (χ4n) is 14.1. The molecule has 107 heavy (non-hydrogen) atoms. The van der Waals surface area contributed by atoms with Gasteiger partial charge in [-0.15, -0.1) is 23.1 Å². The summed E-state index contributed by atoms with van der Waals surface area (Å²) in [7, 11) is -11.1. The molecule has 5 amide bonds. The highest BCUT2D eigenvalue weighted by molar-refractivity contribution is 7.99. The van der Waals surface area contributed by atoms with Crippen LogP contribution >= 0.6 is 34.7 Å². The minimum atomic E-state index is -6.19. The zero-order chi connectivity index (χ0) is 76.8. The van der Waals surface area contributed by atoms with E-state index in [0.717, 1.165) is 89.7 Å². The Bertz CT molecular complexity index is 4360. The molecule has 0 radical (unpaired) electrons. The first-order valence-electron chi connectivity index (χ1n) is 36.5.